The summed E-state index contributed by atoms with van der Waals surface area (Å²) < 4.78 is 5.28. The van der Waals surface area contributed by atoms with Crippen LogP contribution in [0.4, 0.5) is 28.4 Å². The lowest BCUT2D eigenvalue weighted by atomic mass is 10.1. The molecule has 0 atom stereocenters. The van der Waals surface area contributed by atoms with Crippen LogP contribution in [0.2, 0.25) is 5.02 Å². The van der Waals surface area contributed by atoms with Crippen molar-refractivity contribution in [2.24, 2.45) is 0 Å². The lowest BCUT2D eigenvalue weighted by molar-refractivity contribution is -0.120. The Bertz CT molecular complexity index is 1620. The number of nitrogens with one attached hydrogen (secondary N) is 3. The Labute approximate surface area is 240 Å². The topological polar surface area (TPSA) is 99.8 Å². The number of methoxy groups -OCH3 is 1. The van der Waals surface area contributed by atoms with E-state index in [1.54, 1.807) is 48.5 Å². The molecule has 8 nitrogen and oxygen atoms in total. The van der Waals surface area contributed by atoms with E-state index in [1.165, 1.54) is 13.2 Å². The second-order valence-electron chi connectivity index (χ2n) is 8.68. The average molecular weight is 573 g/mol. The van der Waals surface area contributed by atoms with Crippen LogP contribution in [0.3, 0.4) is 0 Å². The maximum Gasteiger partial charge on any atom is 0.283 e. The first-order valence-electron chi connectivity index (χ1n) is 12.1. The Morgan fingerprint density at radius 1 is 0.725 bits per heavy atom. The highest BCUT2D eigenvalue weighted by atomic mass is 35.5. The number of benzene rings is 4. The minimum atomic E-state index is -0.712. The van der Waals surface area contributed by atoms with Crippen molar-refractivity contribution in [1.82, 2.24) is 0 Å². The van der Waals surface area contributed by atoms with E-state index in [2.05, 4.69) is 16.0 Å². The number of hydrogen-bond acceptors (Lipinski definition) is 6. The van der Waals surface area contributed by atoms with Gasteiger partial charge in [-0.1, -0.05) is 41.4 Å². The van der Waals surface area contributed by atoms with Crippen LogP contribution in [-0.4, -0.2) is 24.8 Å². The van der Waals surface area contributed by atoms with Gasteiger partial charge in [0.15, 0.2) is 0 Å². The molecular formula is C30H22Cl2N4O4. The molecule has 0 spiro atoms. The van der Waals surface area contributed by atoms with Crippen LogP contribution in [-0.2, 0) is 9.59 Å². The highest BCUT2D eigenvalue weighted by molar-refractivity contribution is 6.53. The number of rotatable bonds is 8. The molecular weight excluding hydrogens is 551 g/mol. The van der Waals surface area contributed by atoms with Gasteiger partial charge in [0.05, 0.1) is 12.8 Å². The number of amides is 3. The van der Waals surface area contributed by atoms with Crippen LogP contribution >= 0.6 is 23.2 Å². The van der Waals surface area contributed by atoms with Crippen molar-refractivity contribution in [2.75, 3.05) is 28.0 Å². The number of ether oxygens (including phenoxy) is 1. The van der Waals surface area contributed by atoms with Crippen molar-refractivity contribution in [1.29, 1.82) is 0 Å². The lowest BCUT2D eigenvalue weighted by Gasteiger charge is -2.18. The van der Waals surface area contributed by atoms with Crippen molar-refractivity contribution >= 4 is 69.4 Å². The third kappa shape index (κ3) is 5.63. The molecule has 0 bridgehead atoms. The molecule has 40 heavy (non-hydrogen) atoms. The molecule has 0 saturated carbocycles. The summed E-state index contributed by atoms with van der Waals surface area (Å²) in [6.07, 6.45) is 0. The standard InChI is InChI=1S/C30H22Cl2N4O4/c1-40-25-16-9-19(31)17-24(25)36-29(38)26(32)27(30(36)39)34-22-10-7-18(8-11-22)28(37)35-23-14-12-21(13-15-23)33-20-5-3-2-4-6-20/h2-17,33-34H,1H3,(H,35,37). The molecule has 200 valence electrons. The number of imide groups is 1. The molecule has 4 aromatic rings. The first kappa shape index (κ1) is 26.8. The molecule has 3 N–H and O–H groups in total. The molecule has 1 aliphatic heterocycles. The van der Waals surface area contributed by atoms with Gasteiger partial charge in [0.25, 0.3) is 17.7 Å². The molecule has 1 heterocycles. The first-order chi connectivity index (χ1) is 19.3. The summed E-state index contributed by atoms with van der Waals surface area (Å²) in [5.41, 5.74) is 3.42. The summed E-state index contributed by atoms with van der Waals surface area (Å²) >= 11 is 12.3. The fourth-order valence-corrected chi connectivity index (χ4v) is 4.42. The first-order valence-corrected chi connectivity index (χ1v) is 12.8. The van der Waals surface area contributed by atoms with Crippen molar-refractivity contribution in [3.63, 3.8) is 0 Å². The van der Waals surface area contributed by atoms with Crippen LogP contribution in [0.1, 0.15) is 10.4 Å². The molecule has 1 aliphatic rings. The van der Waals surface area contributed by atoms with Gasteiger partial charge in [-0.3, -0.25) is 14.4 Å². The summed E-state index contributed by atoms with van der Waals surface area (Å²) in [5.74, 6) is -1.40. The van der Waals surface area contributed by atoms with E-state index in [1.807, 2.05) is 42.5 Å². The molecule has 0 saturated heterocycles. The highest BCUT2D eigenvalue weighted by Gasteiger charge is 2.40. The van der Waals surface area contributed by atoms with Gasteiger partial charge < -0.3 is 20.7 Å². The molecule has 0 aromatic heterocycles. The third-order valence-electron chi connectivity index (χ3n) is 6.03. The number of anilines is 5. The molecule has 0 fully saturated rings. The van der Waals surface area contributed by atoms with E-state index >= 15 is 0 Å². The number of para-hydroxylation sites is 1. The summed E-state index contributed by atoms with van der Waals surface area (Å²) in [5, 5.41) is 9.07. The molecule has 4 aromatic carbocycles. The van der Waals surface area contributed by atoms with E-state index in [9.17, 15) is 14.4 Å². The van der Waals surface area contributed by atoms with E-state index in [-0.39, 0.29) is 28.1 Å². The Morgan fingerprint density at radius 2 is 1.32 bits per heavy atom. The minimum absolute atomic E-state index is 0.102. The quantitative estimate of drug-likeness (QED) is 0.201. The van der Waals surface area contributed by atoms with Crippen molar-refractivity contribution < 1.29 is 19.1 Å². The second kappa shape index (κ2) is 11.5. The third-order valence-corrected chi connectivity index (χ3v) is 6.62. The number of hydrogen-bond donors (Lipinski definition) is 3. The van der Waals surface area contributed by atoms with Gasteiger partial charge in [0.1, 0.15) is 16.5 Å². The Kier molecular flexibility index (Phi) is 7.72. The Hall–Kier alpha value is -4.79. The second-order valence-corrected chi connectivity index (χ2v) is 9.49. The van der Waals surface area contributed by atoms with Crippen LogP contribution in [0, 0.1) is 0 Å². The predicted octanol–water partition coefficient (Wildman–Crippen LogP) is 6.78. The normalized spacial score (nSPS) is 12.9. The zero-order valence-corrected chi connectivity index (χ0v) is 22.6. The van der Waals surface area contributed by atoms with Crippen LogP contribution < -0.4 is 25.6 Å². The van der Waals surface area contributed by atoms with Crippen LogP contribution in [0.15, 0.2) is 108 Å². The highest BCUT2D eigenvalue weighted by Crippen LogP contribution is 2.37. The molecule has 5 rings (SSSR count). The fourth-order valence-electron chi connectivity index (χ4n) is 4.05. The van der Waals surface area contributed by atoms with Crippen molar-refractivity contribution in [3.8, 4) is 5.75 Å². The lowest BCUT2D eigenvalue weighted by Crippen LogP contribution is -2.32. The smallest absolute Gasteiger partial charge is 0.283 e. The molecule has 3 amide bonds. The van der Waals surface area contributed by atoms with E-state index < -0.39 is 11.8 Å². The van der Waals surface area contributed by atoms with Gasteiger partial charge in [0, 0.05) is 33.3 Å². The van der Waals surface area contributed by atoms with Crippen LogP contribution in [0.5, 0.6) is 5.75 Å². The molecule has 0 aliphatic carbocycles. The number of carbonyl (C=O) groups is 3. The summed E-state index contributed by atoms with van der Waals surface area (Å²) in [6.45, 7) is 0. The molecule has 0 unspecified atom stereocenters. The summed E-state index contributed by atoms with van der Waals surface area (Å²) in [6, 6.07) is 28.1. The number of carbonyl (C=O) groups excluding carboxylic acids is 3. The van der Waals surface area contributed by atoms with E-state index in [0.29, 0.717) is 22.0 Å². The maximum absolute atomic E-state index is 13.1. The number of halogens is 2. The zero-order valence-electron chi connectivity index (χ0n) is 21.1. The van der Waals surface area contributed by atoms with Gasteiger partial charge in [-0.05, 0) is 78.9 Å². The maximum atomic E-state index is 13.1. The summed E-state index contributed by atoms with van der Waals surface area (Å²) in [7, 11) is 1.42. The molecule has 0 radical (unpaired) electrons. The van der Waals surface area contributed by atoms with Crippen LogP contribution in [0.25, 0.3) is 0 Å². The van der Waals surface area contributed by atoms with Gasteiger partial charge in [0.2, 0.25) is 0 Å². The molecule has 10 heteroatoms. The zero-order chi connectivity index (χ0) is 28.2. The fraction of sp³-hybridized carbons (Fsp3) is 0.0333. The Balaban J connectivity index is 1.24. The monoisotopic (exact) mass is 572 g/mol. The van der Waals surface area contributed by atoms with E-state index in [0.717, 1.165) is 16.3 Å². The van der Waals surface area contributed by atoms with Gasteiger partial charge in [-0.25, -0.2) is 4.90 Å². The average Bonchev–Trinajstić information content (AvgIpc) is 3.17. The summed E-state index contributed by atoms with van der Waals surface area (Å²) in [4.78, 5) is 39.7. The number of nitrogens with zero attached hydrogens (tertiary/aromatic N) is 1. The minimum Gasteiger partial charge on any atom is -0.495 e. The van der Waals surface area contributed by atoms with Gasteiger partial charge in [-0.2, -0.15) is 0 Å². The largest absolute Gasteiger partial charge is 0.495 e. The van der Waals surface area contributed by atoms with Gasteiger partial charge in [-0.15, -0.1) is 0 Å². The van der Waals surface area contributed by atoms with Crippen molar-refractivity contribution in [3.05, 3.63) is 118 Å². The SMILES string of the molecule is COc1ccc(Cl)cc1N1C(=O)C(Cl)=C(Nc2ccc(C(=O)Nc3ccc(Nc4ccccc4)cc3)cc2)C1=O. The van der Waals surface area contributed by atoms with Crippen molar-refractivity contribution in [2.45, 2.75) is 0 Å². The van der Waals surface area contributed by atoms with E-state index in [4.69, 9.17) is 27.9 Å². The predicted molar refractivity (Wildman–Crippen MR) is 158 cm³/mol. The van der Waals surface area contributed by atoms with Gasteiger partial charge >= 0.3 is 0 Å². The Morgan fingerprint density at radius 3 is 2.00 bits per heavy atom.